The van der Waals surface area contributed by atoms with Gasteiger partial charge in [-0.05, 0) is 57.6 Å². The molecule has 0 radical (unpaired) electrons. The lowest BCUT2D eigenvalue weighted by atomic mass is 10.1. The van der Waals surface area contributed by atoms with Crippen LogP contribution >= 0.6 is 0 Å². The Bertz CT molecular complexity index is 469. The van der Waals surface area contributed by atoms with Crippen molar-refractivity contribution in [3.63, 3.8) is 0 Å². The van der Waals surface area contributed by atoms with E-state index in [1.165, 1.54) is 5.56 Å². The van der Waals surface area contributed by atoms with Crippen LogP contribution in [0.4, 0.5) is 5.69 Å². The van der Waals surface area contributed by atoms with Crippen LogP contribution in [0, 0.1) is 0 Å². The number of amides is 2. The molecule has 1 rings (SSSR count). The Kier molecular flexibility index (Phi) is 8.22. The predicted octanol–water partition coefficient (Wildman–Crippen LogP) is 2.04. The van der Waals surface area contributed by atoms with E-state index in [0.29, 0.717) is 12.2 Å². The molecule has 0 saturated carbocycles. The Labute approximate surface area is 133 Å². The van der Waals surface area contributed by atoms with Gasteiger partial charge in [-0.25, -0.2) is 0 Å². The summed E-state index contributed by atoms with van der Waals surface area (Å²) in [6, 6.07) is 7.64. The van der Waals surface area contributed by atoms with Gasteiger partial charge in [0.1, 0.15) is 0 Å². The van der Waals surface area contributed by atoms with Gasteiger partial charge < -0.3 is 15.5 Å². The van der Waals surface area contributed by atoms with E-state index in [2.05, 4.69) is 17.6 Å². The van der Waals surface area contributed by atoms with E-state index in [-0.39, 0.29) is 0 Å². The zero-order chi connectivity index (χ0) is 16.4. The molecule has 0 fully saturated rings. The number of rotatable bonds is 8. The second kappa shape index (κ2) is 9.95. The van der Waals surface area contributed by atoms with Crippen LogP contribution in [0.3, 0.4) is 0 Å². The summed E-state index contributed by atoms with van der Waals surface area (Å²) in [4.78, 5) is 25.5. The maximum atomic E-state index is 11.8. The molecular formula is C17H27N3O2. The summed E-state index contributed by atoms with van der Waals surface area (Å²) in [6.07, 6.45) is 4.17. The molecule has 0 heterocycles. The van der Waals surface area contributed by atoms with Crippen LogP contribution in [0.5, 0.6) is 0 Å². The van der Waals surface area contributed by atoms with E-state index >= 15 is 0 Å². The molecule has 0 bridgehead atoms. The zero-order valence-electron chi connectivity index (χ0n) is 13.8. The fourth-order valence-electron chi connectivity index (χ4n) is 2.00. The molecule has 1 aromatic rings. The minimum atomic E-state index is -0.619. The number of unbranched alkanes of at least 4 members (excludes halogenated alkanes) is 1. The summed E-state index contributed by atoms with van der Waals surface area (Å²) in [7, 11) is 3.94. The quantitative estimate of drug-likeness (QED) is 0.571. The summed E-state index contributed by atoms with van der Waals surface area (Å²) in [5.41, 5.74) is 1.89. The van der Waals surface area contributed by atoms with Crippen molar-refractivity contribution >= 4 is 17.5 Å². The summed E-state index contributed by atoms with van der Waals surface area (Å²) < 4.78 is 0. The molecule has 2 amide bonds. The molecule has 5 nitrogen and oxygen atoms in total. The number of aryl methyl sites for hydroxylation is 1. The molecule has 0 saturated heterocycles. The molecule has 22 heavy (non-hydrogen) atoms. The number of nitrogens with one attached hydrogen (secondary N) is 2. The Hall–Kier alpha value is -1.88. The minimum absolute atomic E-state index is 0.500. The van der Waals surface area contributed by atoms with Gasteiger partial charge in [-0.15, -0.1) is 0 Å². The number of hydrogen-bond acceptors (Lipinski definition) is 3. The number of carbonyl (C=O) groups is 2. The summed E-state index contributed by atoms with van der Waals surface area (Å²) in [5.74, 6) is -1.21. The van der Waals surface area contributed by atoms with Gasteiger partial charge in [0.15, 0.2) is 0 Å². The van der Waals surface area contributed by atoms with Gasteiger partial charge in [0.25, 0.3) is 0 Å². The predicted molar refractivity (Wildman–Crippen MR) is 89.9 cm³/mol. The lowest BCUT2D eigenvalue weighted by Gasteiger charge is -2.10. The van der Waals surface area contributed by atoms with E-state index in [0.717, 1.165) is 32.2 Å². The fraction of sp³-hybridized carbons (Fsp3) is 0.529. The van der Waals surface area contributed by atoms with E-state index in [1.54, 1.807) is 0 Å². The van der Waals surface area contributed by atoms with Gasteiger partial charge in [-0.3, -0.25) is 9.59 Å². The maximum absolute atomic E-state index is 11.8. The molecule has 0 unspecified atom stereocenters. The lowest BCUT2D eigenvalue weighted by molar-refractivity contribution is -0.136. The summed E-state index contributed by atoms with van der Waals surface area (Å²) in [6.45, 7) is 3.53. The van der Waals surface area contributed by atoms with E-state index in [1.807, 2.05) is 43.3 Å². The molecule has 0 aliphatic carbocycles. The highest BCUT2D eigenvalue weighted by molar-refractivity contribution is 6.39. The lowest BCUT2D eigenvalue weighted by Crippen LogP contribution is -2.36. The van der Waals surface area contributed by atoms with E-state index in [9.17, 15) is 9.59 Å². The largest absolute Gasteiger partial charge is 0.348 e. The Morgan fingerprint density at radius 2 is 1.73 bits per heavy atom. The third-order valence-electron chi connectivity index (χ3n) is 3.30. The highest BCUT2D eigenvalue weighted by atomic mass is 16.2. The van der Waals surface area contributed by atoms with Gasteiger partial charge in [0.2, 0.25) is 0 Å². The molecule has 2 N–H and O–H groups in total. The van der Waals surface area contributed by atoms with Crippen molar-refractivity contribution in [3.05, 3.63) is 29.8 Å². The van der Waals surface area contributed by atoms with Gasteiger partial charge in [0.05, 0.1) is 0 Å². The highest BCUT2D eigenvalue weighted by Gasteiger charge is 2.12. The summed E-state index contributed by atoms with van der Waals surface area (Å²) in [5, 5.41) is 5.23. The molecular weight excluding hydrogens is 278 g/mol. The van der Waals surface area contributed by atoms with Crippen LogP contribution in [-0.4, -0.2) is 43.9 Å². The van der Waals surface area contributed by atoms with E-state index < -0.39 is 11.8 Å². The smallest absolute Gasteiger partial charge is 0.313 e. The van der Waals surface area contributed by atoms with Gasteiger partial charge >= 0.3 is 11.8 Å². The molecule has 0 spiro atoms. The maximum Gasteiger partial charge on any atom is 0.313 e. The monoisotopic (exact) mass is 305 g/mol. The number of hydrogen-bond donors (Lipinski definition) is 2. The highest BCUT2D eigenvalue weighted by Crippen LogP contribution is 2.11. The minimum Gasteiger partial charge on any atom is -0.348 e. The van der Waals surface area contributed by atoms with Crippen molar-refractivity contribution < 1.29 is 9.59 Å². The van der Waals surface area contributed by atoms with Crippen molar-refractivity contribution in [2.45, 2.75) is 32.6 Å². The molecule has 0 aliphatic rings. The molecule has 0 aliphatic heterocycles. The molecule has 1 aromatic carbocycles. The average Bonchev–Trinajstić information content (AvgIpc) is 2.50. The van der Waals surface area contributed by atoms with Crippen molar-refractivity contribution in [2.75, 3.05) is 32.5 Å². The number of nitrogens with zero attached hydrogens (tertiary/aromatic N) is 1. The Morgan fingerprint density at radius 1 is 1.05 bits per heavy atom. The van der Waals surface area contributed by atoms with Crippen LogP contribution < -0.4 is 10.6 Å². The second-order valence-electron chi connectivity index (χ2n) is 5.67. The topological polar surface area (TPSA) is 61.4 Å². The first-order valence-electron chi connectivity index (χ1n) is 7.85. The van der Waals surface area contributed by atoms with Gasteiger partial charge in [-0.2, -0.15) is 0 Å². The van der Waals surface area contributed by atoms with E-state index in [4.69, 9.17) is 0 Å². The van der Waals surface area contributed by atoms with Crippen LogP contribution in [0.2, 0.25) is 0 Å². The number of benzene rings is 1. The standard InChI is InChI=1S/C17H27N3O2/c1-4-5-7-14-8-10-15(11-9-14)19-17(22)16(21)18-12-6-13-20(2)3/h8-11H,4-7,12-13H2,1-3H3,(H,18,21)(H,19,22). The average molecular weight is 305 g/mol. The first-order valence-corrected chi connectivity index (χ1v) is 7.85. The SMILES string of the molecule is CCCCc1ccc(NC(=O)C(=O)NCCCN(C)C)cc1. The van der Waals surface area contributed by atoms with Crippen molar-refractivity contribution in [1.82, 2.24) is 10.2 Å². The van der Waals surface area contributed by atoms with Crippen molar-refractivity contribution in [3.8, 4) is 0 Å². The molecule has 5 heteroatoms. The molecule has 0 atom stereocenters. The molecule has 122 valence electrons. The number of anilines is 1. The summed E-state index contributed by atoms with van der Waals surface area (Å²) >= 11 is 0. The van der Waals surface area contributed by atoms with Gasteiger partial charge in [0, 0.05) is 12.2 Å². The zero-order valence-corrected chi connectivity index (χ0v) is 13.8. The normalized spacial score (nSPS) is 10.5. The van der Waals surface area contributed by atoms with Crippen LogP contribution in [0.15, 0.2) is 24.3 Å². The first-order chi connectivity index (χ1) is 10.5. The van der Waals surface area contributed by atoms with Gasteiger partial charge in [-0.1, -0.05) is 25.5 Å². The van der Waals surface area contributed by atoms with Crippen molar-refractivity contribution in [2.24, 2.45) is 0 Å². The van der Waals surface area contributed by atoms with Crippen molar-refractivity contribution in [1.29, 1.82) is 0 Å². The molecule has 0 aromatic heterocycles. The first kappa shape index (κ1) is 18.2. The third kappa shape index (κ3) is 7.22. The van der Waals surface area contributed by atoms with Crippen LogP contribution in [0.25, 0.3) is 0 Å². The number of carbonyl (C=O) groups excluding carboxylic acids is 2. The third-order valence-corrected chi connectivity index (χ3v) is 3.30. The Morgan fingerprint density at radius 3 is 2.32 bits per heavy atom. The Balaban J connectivity index is 2.35. The van der Waals surface area contributed by atoms with Crippen LogP contribution in [0.1, 0.15) is 31.7 Å². The van der Waals surface area contributed by atoms with Crippen LogP contribution in [-0.2, 0) is 16.0 Å². The fourth-order valence-corrected chi connectivity index (χ4v) is 2.00. The second-order valence-corrected chi connectivity index (χ2v) is 5.67.